The Morgan fingerprint density at radius 3 is 0.743 bits per heavy atom. The van der Waals surface area contributed by atoms with E-state index >= 15 is 0 Å². The number of hydrogen-bond acceptors (Lipinski definition) is 31. The predicted octanol–water partition coefficient (Wildman–Crippen LogP) is -13.3. The molecular weight excluding hydrogens is 984 g/mol. The summed E-state index contributed by atoms with van der Waals surface area (Å²) in [6, 6.07) is 0. The first-order valence-electron chi connectivity index (χ1n) is 22.0. The van der Waals surface area contributed by atoms with Crippen LogP contribution in [0.15, 0.2) is 0 Å². The molecule has 0 spiro atoms. The van der Waals surface area contributed by atoms with E-state index in [0.717, 1.165) is 0 Å². The van der Waals surface area contributed by atoms with E-state index in [4.69, 9.17) is 79.6 Å². The van der Waals surface area contributed by atoms with Gasteiger partial charge in [-0.25, -0.2) is 5.48 Å². The van der Waals surface area contributed by atoms with Crippen molar-refractivity contribution in [2.45, 2.75) is 184 Å². The van der Waals surface area contributed by atoms with Gasteiger partial charge in [-0.1, -0.05) is 0 Å². The third-order valence-corrected chi connectivity index (χ3v) is 13.0. The number of nitrogens with one attached hydrogen (secondary N) is 1. The van der Waals surface area contributed by atoms with Crippen LogP contribution in [0.3, 0.4) is 0 Å². The number of hydrogen-bond donors (Lipinski definition) is 19. The summed E-state index contributed by atoms with van der Waals surface area (Å²) in [5, 5.41) is 186. The van der Waals surface area contributed by atoms with E-state index in [0.29, 0.717) is 0 Å². The molecule has 22 aliphatic heterocycles. The summed E-state index contributed by atoms with van der Waals surface area (Å²) >= 11 is 4.82. The molecule has 0 radical (unpaired) electrons. The molecule has 0 aromatic rings. The first-order valence-corrected chi connectivity index (χ1v) is 22.4. The number of nitrogens with two attached hydrogens (primary N) is 1. The van der Waals surface area contributed by atoms with Gasteiger partial charge >= 0.3 is 0 Å². The van der Waals surface area contributed by atoms with Crippen LogP contribution in [0.2, 0.25) is 0 Å². The molecule has 12 bridgehead atoms. The van der Waals surface area contributed by atoms with Gasteiger partial charge in [0.25, 0.3) is 0 Å². The molecule has 0 saturated carbocycles. The maximum absolute atomic E-state index is 11.6. The Bertz CT molecular complexity index is 1660. The van der Waals surface area contributed by atoms with Gasteiger partial charge in [0.15, 0.2) is 42.9 Å². The van der Waals surface area contributed by atoms with Gasteiger partial charge in [0.2, 0.25) is 0 Å². The van der Waals surface area contributed by atoms with E-state index in [2.05, 4.69) is 5.48 Å². The minimum absolute atomic E-state index is 0.507. The van der Waals surface area contributed by atoms with Gasteiger partial charge in [-0.05, 0) is 12.2 Å². The molecule has 22 saturated heterocycles. The van der Waals surface area contributed by atoms with Crippen LogP contribution in [0.5, 0.6) is 0 Å². The minimum atomic E-state index is -2.17. The number of aliphatic hydroxyl groups is 17. The fraction of sp³-hybridized carbons (Fsp3) is 0.973. The number of rotatable bonds is 8. The molecule has 20 N–H and O–H groups in total. The molecule has 22 rings (SSSR count). The van der Waals surface area contributed by atoms with Gasteiger partial charge in [0, 0.05) is 0 Å². The molecule has 22 aliphatic rings. The van der Waals surface area contributed by atoms with Crippen molar-refractivity contribution in [3.05, 3.63) is 0 Å². The van der Waals surface area contributed by atoms with Gasteiger partial charge in [-0.2, -0.15) is 0 Å². The van der Waals surface area contributed by atoms with Crippen LogP contribution in [-0.4, -0.2) is 316 Å². The lowest BCUT2D eigenvalue weighted by Gasteiger charge is -2.51. The maximum atomic E-state index is 11.6. The molecule has 0 aromatic carbocycles. The second kappa shape index (κ2) is 24.0. The van der Waals surface area contributed by atoms with Crippen molar-refractivity contribution in [3.63, 3.8) is 0 Å². The summed E-state index contributed by atoms with van der Waals surface area (Å²) in [7, 11) is 0. The lowest BCUT2D eigenvalue weighted by atomic mass is 9.94. The summed E-state index contributed by atoms with van der Waals surface area (Å²) in [6.45, 7) is -6.05. The molecule has 32 nitrogen and oxygen atoms in total. The molecule has 33 heteroatoms. The molecule has 22 fully saturated rings. The number of ether oxygens (including phenoxy) is 12. The molecule has 70 heavy (non-hydrogen) atoms. The van der Waals surface area contributed by atoms with Crippen LogP contribution in [-0.2, 0) is 61.7 Å². The highest BCUT2D eigenvalue weighted by atomic mass is 32.1. The first kappa shape index (κ1) is 56.2. The number of thiocarbonyl (C=S) groups is 1. The van der Waals surface area contributed by atoms with E-state index in [-0.39, 0.29) is 0 Å². The number of hydroxylamine groups is 1. The average molecular weight is 1050 g/mol. The summed E-state index contributed by atoms with van der Waals surface area (Å²) in [5.74, 6) is 0. The largest absolute Gasteiger partial charge is 0.394 e. The standard InChI is InChI=1S/C37H62N2O30S/c38-37(70)39-69-30-23(56)36-62-12(6-45)29(30)68-35-22(55)17(50)27(10(4-43)61-35)66-33-20(53)15(48)25(8(2-41)59-33)64-31-18(51)13(46)24(7(1-40)57-31)63-32-19(52)14(47)26(9(3-42)58-32)65-34-21(54)16(49)28(67-36)11(5-44)60-34/h7-36,40-56H,1-6H2,(H3,38,39,70)/t7-,8-,9-,10-,11-,12-,13-,14-,15-,16-,17-,18-,19-,20-,21-,22-,23-,24-,25-,26-,27-,28-,29+,30-,31-,32-,33-,34-,35-,36-/m1/s1. The first-order chi connectivity index (χ1) is 33.3. The summed E-state index contributed by atoms with van der Waals surface area (Å²) in [4.78, 5) is 5.50. The smallest absolute Gasteiger partial charge is 0.187 e. The molecule has 0 unspecified atom stereocenters. The molecular formula is C37H62N2O30S. The lowest BCUT2D eigenvalue weighted by molar-refractivity contribution is -0.405. The van der Waals surface area contributed by atoms with Crippen molar-refractivity contribution in [3.8, 4) is 0 Å². The summed E-state index contributed by atoms with van der Waals surface area (Å²) in [6.07, 6.45) is -58.5. The van der Waals surface area contributed by atoms with Crippen LogP contribution < -0.4 is 11.2 Å². The Morgan fingerprint density at radius 1 is 0.329 bits per heavy atom. The van der Waals surface area contributed by atoms with Gasteiger partial charge < -0.3 is 149 Å². The summed E-state index contributed by atoms with van der Waals surface area (Å²) < 4.78 is 68.8. The zero-order chi connectivity index (χ0) is 51.0. The van der Waals surface area contributed by atoms with Crippen LogP contribution >= 0.6 is 12.2 Å². The van der Waals surface area contributed by atoms with Crippen LogP contribution in [0.25, 0.3) is 0 Å². The highest BCUT2D eigenvalue weighted by molar-refractivity contribution is 7.80. The van der Waals surface area contributed by atoms with E-state index in [1.165, 1.54) is 0 Å². The monoisotopic (exact) mass is 1050 g/mol. The lowest BCUT2D eigenvalue weighted by Crippen LogP contribution is -2.69. The van der Waals surface area contributed by atoms with Crippen molar-refractivity contribution in [2.24, 2.45) is 5.73 Å². The fourth-order valence-electron chi connectivity index (χ4n) is 9.17. The molecule has 22 heterocycles. The van der Waals surface area contributed by atoms with Gasteiger partial charge in [0.05, 0.1) is 39.6 Å². The van der Waals surface area contributed by atoms with Crippen LogP contribution in [0, 0.1) is 0 Å². The van der Waals surface area contributed by atoms with Crippen molar-refractivity contribution in [1.29, 1.82) is 0 Å². The van der Waals surface area contributed by atoms with Gasteiger partial charge in [-0.15, -0.1) is 0 Å². The third-order valence-electron chi connectivity index (χ3n) is 12.9. The van der Waals surface area contributed by atoms with Crippen LogP contribution in [0.1, 0.15) is 0 Å². The number of aliphatic hydroxyl groups excluding tert-OH is 17. The Kier molecular flexibility index (Phi) is 19.3. The molecule has 0 amide bonds. The third kappa shape index (κ3) is 11.2. The normalized spacial score (nSPS) is 52.8. The average Bonchev–Trinajstić information content (AvgIpc) is 3.34. The van der Waals surface area contributed by atoms with E-state index < -0.39 is 229 Å². The second-order valence-electron chi connectivity index (χ2n) is 17.4. The maximum Gasteiger partial charge on any atom is 0.187 e. The van der Waals surface area contributed by atoms with Crippen molar-refractivity contribution in [2.75, 3.05) is 39.6 Å². The predicted molar refractivity (Wildman–Crippen MR) is 215 cm³/mol. The second-order valence-corrected chi connectivity index (χ2v) is 17.8. The van der Waals surface area contributed by atoms with Crippen molar-refractivity contribution >= 4 is 17.3 Å². The van der Waals surface area contributed by atoms with Gasteiger partial charge in [-0.3, -0.25) is 4.84 Å². The molecule has 30 atom stereocenters. The Hall–Kier alpha value is -1.51. The van der Waals surface area contributed by atoms with Crippen molar-refractivity contribution < 1.29 is 148 Å². The minimum Gasteiger partial charge on any atom is -0.394 e. The molecule has 0 aromatic heterocycles. The molecule has 0 aliphatic carbocycles. The van der Waals surface area contributed by atoms with Crippen molar-refractivity contribution in [1.82, 2.24) is 5.48 Å². The Morgan fingerprint density at radius 2 is 0.529 bits per heavy atom. The zero-order valence-corrected chi connectivity index (χ0v) is 37.3. The Balaban J connectivity index is 1.22. The highest BCUT2D eigenvalue weighted by Gasteiger charge is 2.59. The SMILES string of the molecule is NC(=S)NO[C@@H]1[C@@H](O)[C@H]2O[C@H]3[C@H](O)[C@@H](O)[C@@H](O[C@H]4[C@H](O)[C@@H](O)[C@@H](O[C@H]5[C@H](O)[C@@H](O)[C@@H](O[C@H]6[C@H](O)[C@@H](O)[C@@H](O[C@H]7[C@H](O)[C@@H](O)[C@@H](O[C@H]1[C@@H](CO)O2)O[C@@H]7CO)O[C@@H]6CO)O[C@@H]5CO)O[C@@H]4CO)O[C@@H]3CO. The van der Waals surface area contributed by atoms with E-state index in [1.807, 2.05) is 0 Å². The Labute approximate surface area is 400 Å². The van der Waals surface area contributed by atoms with E-state index in [9.17, 15) is 86.8 Å². The van der Waals surface area contributed by atoms with Gasteiger partial charge in [0.1, 0.15) is 146 Å². The zero-order valence-electron chi connectivity index (χ0n) is 36.5. The topological polar surface area (TPSA) is 502 Å². The fourth-order valence-corrected chi connectivity index (χ4v) is 9.22. The van der Waals surface area contributed by atoms with E-state index in [1.54, 1.807) is 0 Å². The summed E-state index contributed by atoms with van der Waals surface area (Å²) in [5.41, 5.74) is 7.67. The molecule has 406 valence electrons. The van der Waals surface area contributed by atoms with Crippen LogP contribution in [0.4, 0.5) is 0 Å². The quantitative estimate of drug-likeness (QED) is 0.0793. The highest BCUT2D eigenvalue weighted by Crippen LogP contribution is 2.38.